The zero-order chi connectivity index (χ0) is 16.5. The third-order valence-electron chi connectivity index (χ3n) is 4.23. The van der Waals surface area contributed by atoms with Crippen molar-refractivity contribution in [1.29, 1.82) is 0 Å². The lowest BCUT2D eigenvalue weighted by molar-refractivity contribution is -0.137. The van der Waals surface area contributed by atoms with Crippen molar-refractivity contribution in [3.8, 4) is 0 Å². The number of hydrogen-bond donors (Lipinski definition) is 4. The van der Waals surface area contributed by atoms with E-state index in [1.807, 2.05) is 25.2 Å². The van der Waals surface area contributed by atoms with E-state index < -0.39 is 24.3 Å². The van der Waals surface area contributed by atoms with Crippen LogP contribution in [0.3, 0.4) is 0 Å². The van der Waals surface area contributed by atoms with E-state index in [4.69, 9.17) is 5.11 Å². The molecule has 0 bridgehead atoms. The fourth-order valence-corrected chi connectivity index (χ4v) is 2.84. The van der Waals surface area contributed by atoms with Crippen molar-refractivity contribution in [1.82, 2.24) is 0 Å². The van der Waals surface area contributed by atoms with E-state index in [0.29, 0.717) is 32.1 Å². The first-order valence-corrected chi connectivity index (χ1v) is 8.05. The quantitative estimate of drug-likeness (QED) is 0.385. The summed E-state index contributed by atoms with van der Waals surface area (Å²) in [5.74, 6) is -1.01. The van der Waals surface area contributed by atoms with Crippen LogP contribution in [0.4, 0.5) is 0 Å². The van der Waals surface area contributed by atoms with E-state index in [-0.39, 0.29) is 18.3 Å². The van der Waals surface area contributed by atoms with E-state index in [9.17, 15) is 20.1 Å². The molecule has 0 aromatic heterocycles. The monoisotopic (exact) mass is 312 g/mol. The first-order valence-electron chi connectivity index (χ1n) is 8.05. The van der Waals surface area contributed by atoms with Gasteiger partial charge in [0, 0.05) is 18.8 Å². The predicted molar refractivity (Wildman–Crippen MR) is 84.3 cm³/mol. The highest BCUT2D eigenvalue weighted by Gasteiger charge is 2.39. The lowest BCUT2D eigenvalue weighted by Gasteiger charge is -2.19. The summed E-state index contributed by atoms with van der Waals surface area (Å²) in [7, 11) is 0. The Hall–Kier alpha value is -1.17. The van der Waals surface area contributed by atoms with Gasteiger partial charge < -0.3 is 20.4 Å². The van der Waals surface area contributed by atoms with Crippen molar-refractivity contribution < 1.29 is 25.2 Å². The van der Waals surface area contributed by atoms with Gasteiger partial charge in [-0.3, -0.25) is 4.79 Å². The van der Waals surface area contributed by atoms with Crippen LogP contribution in [0.1, 0.15) is 45.4 Å². The van der Waals surface area contributed by atoms with Crippen LogP contribution in [0.5, 0.6) is 0 Å². The normalized spacial score (nSPS) is 30.4. The van der Waals surface area contributed by atoms with Crippen LogP contribution >= 0.6 is 0 Å². The highest BCUT2D eigenvalue weighted by atomic mass is 16.4. The predicted octanol–water partition coefficient (Wildman–Crippen LogP) is 1.87. The van der Waals surface area contributed by atoms with Crippen molar-refractivity contribution >= 4 is 5.97 Å². The fraction of sp³-hybridized carbons (Fsp3) is 0.706. The third kappa shape index (κ3) is 6.30. The number of unbranched alkanes of at least 4 members (excludes halogenated alkanes) is 1. The number of aliphatic hydroxyl groups is 3. The number of carbonyl (C=O) groups is 1. The molecule has 4 N–H and O–H groups in total. The van der Waals surface area contributed by atoms with Gasteiger partial charge in [-0.1, -0.05) is 31.2 Å². The van der Waals surface area contributed by atoms with Crippen LogP contribution in [-0.2, 0) is 4.79 Å². The Morgan fingerprint density at radius 3 is 2.64 bits per heavy atom. The van der Waals surface area contributed by atoms with Crippen LogP contribution in [0.15, 0.2) is 24.3 Å². The third-order valence-corrected chi connectivity index (χ3v) is 4.23. The van der Waals surface area contributed by atoms with Gasteiger partial charge in [0.2, 0.25) is 0 Å². The van der Waals surface area contributed by atoms with Gasteiger partial charge in [-0.05, 0) is 31.6 Å². The lowest BCUT2D eigenvalue weighted by Crippen LogP contribution is -2.20. The second-order valence-corrected chi connectivity index (χ2v) is 5.97. The average Bonchev–Trinajstić information content (AvgIpc) is 2.73. The lowest BCUT2D eigenvalue weighted by atomic mass is 9.89. The highest BCUT2D eigenvalue weighted by molar-refractivity contribution is 5.66. The Morgan fingerprint density at radius 1 is 1.27 bits per heavy atom. The first kappa shape index (κ1) is 18.9. The Bertz CT molecular complexity index is 391. The minimum absolute atomic E-state index is 0.0639. The summed E-state index contributed by atoms with van der Waals surface area (Å²) in [4.78, 5) is 10.4. The zero-order valence-corrected chi connectivity index (χ0v) is 13.1. The maximum Gasteiger partial charge on any atom is 0.303 e. The van der Waals surface area contributed by atoms with Crippen LogP contribution in [-0.4, -0.2) is 44.7 Å². The molecule has 1 unspecified atom stereocenters. The molecule has 22 heavy (non-hydrogen) atoms. The summed E-state index contributed by atoms with van der Waals surface area (Å²) in [5, 5.41) is 38.2. The Labute approximate surface area is 132 Å². The molecule has 1 saturated carbocycles. The molecule has 0 spiro atoms. The van der Waals surface area contributed by atoms with E-state index in [0.717, 1.165) is 0 Å². The number of aliphatic carboxylic acids is 1. The molecule has 0 aliphatic heterocycles. The van der Waals surface area contributed by atoms with Crippen molar-refractivity contribution in [2.24, 2.45) is 11.8 Å². The van der Waals surface area contributed by atoms with Crippen molar-refractivity contribution in [3.63, 3.8) is 0 Å². The molecule has 5 atom stereocenters. The van der Waals surface area contributed by atoms with Gasteiger partial charge >= 0.3 is 5.97 Å². The number of carboxylic acid groups (broad SMARTS) is 1. The summed E-state index contributed by atoms with van der Waals surface area (Å²) in [6, 6.07) is 0. The van der Waals surface area contributed by atoms with Crippen LogP contribution in [0, 0.1) is 11.8 Å². The van der Waals surface area contributed by atoms with Gasteiger partial charge in [-0.25, -0.2) is 0 Å². The molecule has 126 valence electrons. The van der Waals surface area contributed by atoms with E-state index in [1.165, 1.54) is 0 Å². The zero-order valence-electron chi connectivity index (χ0n) is 13.1. The topological polar surface area (TPSA) is 98.0 Å². The van der Waals surface area contributed by atoms with Crippen LogP contribution in [0.2, 0.25) is 0 Å². The fourth-order valence-electron chi connectivity index (χ4n) is 2.84. The molecule has 5 nitrogen and oxygen atoms in total. The number of rotatable bonds is 9. The molecule has 0 aromatic carbocycles. The van der Waals surface area contributed by atoms with Crippen molar-refractivity contribution in [2.75, 3.05) is 0 Å². The van der Waals surface area contributed by atoms with Gasteiger partial charge in [0.1, 0.15) is 0 Å². The smallest absolute Gasteiger partial charge is 0.303 e. The standard InChI is InChI=1S/C17H28O5/c1-2-12(18)9-10-14-13(15(19)11-16(14)20)7-5-3-4-6-8-17(21)22/h3,5,9-10,12-16,18-20H,2,4,6-8,11H2,1H3,(H,21,22)/b5-3-,10-9+/t12-,13+,14?,15-,16+/m0/s1. The molecule has 0 heterocycles. The van der Waals surface area contributed by atoms with Gasteiger partial charge in [0.25, 0.3) is 0 Å². The highest BCUT2D eigenvalue weighted by Crippen LogP contribution is 2.36. The second kappa shape index (κ2) is 9.77. The molecule has 1 fully saturated rings. The first-order chi connectivity index (χ1) is 10.5. The number of hydrogen-bond acceptors (Lipinski definition) is 4. The molecule has 0 amide bonds. The largest absolute Gasteiger partial charge is 0.481 e. The Balaban J connectivity index is 2.48. The second-order valence-electron chi connectivity index (χ2n) is 5.97. The van der Waals surface area contributed by atoms with Gasteiger partial charge in [0.15, 0.2) is 0 Å². The molecular weight excluding hydrogens is 284 g/mol. The van der Waals surface area contributed by atoms with Gasteiger partial charge in [0.05, 0.1) is 18.3 Å². The summed E-state index contributed by atoms with van der Waals surface area (Å²) in [5.41, 5.74) is 0. The molecule has 5 heteroatoms. The van der Waals surface area contributed by atoms with Crippen molar-refractivity contribution in [3.05, 3.63) is 24.3 Å². The van der Waals surface area contributed by atoms with Crippen LogP contribution in [0.25, 0.3) is 0 Å². The van der Waals surface area contributed by atoms with E-state index in [2.05, 4.69) is 0 Å². The van der Waals surface area contributed by atoms with Gasteiger partial charge in [-0.2, -0.15) is 0 Å². The summed E-state index contributed by atoms with van der Waals surface area (Å²) in [6.07, 6.45) is 8.83. The summed E-state index contributed by atoms with van der Waals surface area (Å²) < 4.78 is 0. The summed E-state index contributed by atoms with van der Waals surface area (Å²) >= 11 is 0. The summed E-state index contributed by atoms with van der Waals surface area (Å²) in [6.45, 7) is 1.88. The molecule has 1 rings (SSSR count). The number of carboxylic acids is 1. The molecule has 0 saturated heterocycles. The average molecular weight is 312 g/mol. The van der Waals surface area contributed by atoms with Crippen molar-refractivity contribution in [2.45, 2.75) is 63.8 Å². The molecule has 0 radical (unpaired) electrons. The molecule has 1 aliphatic rings. The number of aliphatic hydroxyl groups excluding tert-OH is 3. The van der Waals surface area contributed by atoms with E-state index in [1.54, 1.807) is 6.08 Å². The van der Waals surface area contributed by atoms with Gasteiger partial charge in [-0.15, -0.1) is 0 Å². The molecule has 1 aliphatic carbocycles. The van der Waals surface area contributed by atoms with E-state index >= 15 is 0 Å². The maximum absolute atomic E-state index is 10.4. The Kier molecular flexibility index (Phi) is 8.38. The minimum atomic E-state index is -0.789. The molecular formula is C17H28O5. The SMILES string of the molecule is CC[C@H](O)/C=C/C1[C@H](O)C[C@H](O)[C@@H]1C/C=C\CCCC(=O)O. The minimum Gasteiger partial charge on any atom is -0.481 e. The van der Waals surface area contributed by atoms with Crippen LogP contribution < -0.4 is 0 Å². The number of allylic oxidation sites excluding steroid dienone is 2. The molecule has 0 aromatic rings. The Morgan fingerprint density at radius 2 is 2.00 bits per heavy atom. The maximum atomic E-state index is 10.4.